The van der Waals surface area contributed by atoms with E-state index in [1.165, 1.54) is 17.8 Å². The zero-order valence-corrected chi connectivity index (χ0v) is 13.0. The number of fused-ring (bicyclic) bond motifs is 4. The summed E-state index contributed by atoms with van der Waals surface area (Å²) < 4.78 is 2.58. The number of piperidine rings is 1. The number of hydrogen-bond acceptors (Lipinski definition) is 5. The zero-order chi connectivity index (χ0) is 14.9. The number of rotatable bonds is 1. The van der Waals surface area contributed by atoms with Crippen LogP contribution in [-0.4, -0.2) is 26.3 Å². The smallest absolute Gasteiger partial charge is 0.273 e. The van der Waals surface area contributed by atoms with E-state index in [0.29, 0.717) is 0 Å². The highest BCUT2D eigenvalue weighted by molar-refractivity contribution is 7.22. The summed E-state index contributed by atoms with van der Waals surface area (Å²) in [6.45, 7) is 2.94. The zero-order valence-electron chi connectivity index (χ0n) is 12.1. The number of aryl methyl sites for hydroxylation is 1. The summed E-state index contributed by atoms with van der Waals surface area (Å²) in [6.07, 6.45) is 5.08. The molecule has 0 saturated carbocycles. The predicted octanol–water partition coefficient (Wildman–Crippen LogP) is 1.94. The van der Waals surface area contributed by atoms with Crippen molar-refractivity contribution in [2.75, 3.05) is 6.54 Å². The van der Waals surface area contributed by atoms with Gasteiger partial charge in [-0.05, 0) is 38.8 Å². The van der Waals surface area contributed by atoms with Crippen molar-refractivity contribution in [1.82, 2.24) is 25.1 Å². The van der Waals surface area contributed by atoms with Crippen LogP contribution in [0.2, 0.25) is 0 Å². The number of H-pyrrole nitrogens is 1. The van der Waals surface area contributed by atoms with Gasteiger partial charge < -0.3 is 0 Å². The van der Waals surface area contributed by atoms with Crippen LogP contribution in [0.3, 0.4) is 0 Å². The van der Waals surface area contributed by atoms with Gasteiger partial charge in [-0.25, -0.2) is 4.98 Å². The Kier molecular flexibility index (Phi) is 2.31. The second kappa shape index (κ2) is 4.05. The molecule has 1 fully saturated rings. The highest BCUT2D eigenvalue weighted by Gasteiger charge is 2.54. The standard InChI is InChI=1S/C15H15N5OS/c1-8-9(7-17-19-8)11-6-10-12(22-11)13(21)20-14(18-10)15(20)4-2-3-5-16-15/h6-7,16H,2-5H2,1H3,(H,17,19). The van der Waals surface area contributed by atoms with Crippen LogP contribution in [0.4, 0.5) is 0 Å². The molecule has 0 aromatic carbocycles. The van der Waals surface area contributed by atoms with Crippen LogP contribution < -0.4 is 10.9 Å². The van der Waals surface area contributed by atoms with E-state index in [1.807, 2.05) is 17.6 Å². The number of hydrogen-bond donors (Lipinski definition) is 2. The number of nitrogens with one attached hydrogen (secondary N) is 2. The largest absolute Gasteiger partial charge is 0.288 e. The van der Waals surface area contributed by atoms with E-state index in [-0.39, 0.29) is 11.2 Å². The Balaban J connectivity index is 1.68. The normalized spacial score (nSPS) is 23.1. The van der Waals surface area contributed by atoms with Crippen LogP contribution in [0, 0.1) is 6.92 Å². The molecule has 6 nitrogen and oxygen atoms in total. The first-order chi connectivity index (χ1) is 10.7. The Morgan fingerprint density at radius 2 is 2.32 bits per heavy atom. The van der Waals surface area contributed by atoms with Crippen LogP contribution in [-0.2, 0) is 5.66 Å². The van der Waals surface area contributed by atoms with Gasteiger partial charge in [0.05, 0.1) is 11.7 Å². The van der Waals surface area contributed by atoms with E-state index in [0.717, 1.165) is 51.6 Å². The SMILES string of the molecule is Cc1[nH]ncc1-c1cc2nc3n(c(=O)c2s1)C31CCCCN1. The summed E-state index contributed by atoms with van der Waals surface area (Å²) >= 11 is 1.51. The lowest BCUT2D eigenvalue weighted by Crippen LogP contribution is -2.39. The maximum Gasteiger partial charge on any atom is 0.273 e. The van der Waals surface area contributed by atoms with Gasteiger partial charge >= 0.3 is 0 Å². The van der Waals surface area contributed by atoms with E-state index < -0.39 is 0 Å². The van der Waals surface area contributed by atoms with Crippen molar-refractivity contribution in [1.29, 1.82) is 0 Å². The highest BCUT2D eigenvalue weighted by atomic mass is 32.1. The fourth-order valence-corrected chi connectivity index (χ4v) is 4.61. The highest BCUT2D eigenvalue weighted by Crippen LogP contribution is 2.43. The molecule has 0 bridgehead atoms. The number of thiophene rings is 1. The fourth-order valence-electron chi connectivity index (χ4n) is 3.52. The molecule has 3 aromatic heterocycles. The van der Waals surface area contributed by atoms with E-state index in [9.17, 15) is 4.79 Å². The summed E-state index contributed by atoms with van der Waals surface area (Å²) in [5.74, 6) is 0.901. The van der Waals surface area contributed by atoms with Crippen LogP contribution in [0.5, 0.6) is 0 Å². The molecule has 5 rings (SSSR count). The molecule has 2 N–H and O–H groups in total. The van der Waals surface area contributed by atoms with Crippen molar-refractivity contribution in [3.05, 3.63) is 34.1 Å². The fraction of sp³-hybridized carbons (Fsp3) is 0.400. The lowest BCUT2D eigenvalue weighted by atomic mass is 10.0. The molecule has 3 aromatic rings. The van der Waals surface area contributed by atoms with Gasteiger partial charge in [0.2, 0.25) is 0 Å². The van der Waals surface area contributed by atoms with E-state index in [4.69, 9.17) is 4.98 Å². The lowest BCUT2D eigenvalue weighted by molar-refractivity contribution is 0.315. The van der Waals surface area contributed by atoms with Crippen molar-refractivity contribution in [3.8, 4) is 10.4 Å². The van der Waals surface area contributed by atoms with Gasteiger partial charge in [-0.15, -0.1) is 11.3 Å². The molecule has 5 heterocycles. The maximum atomic E-state index is 12.8. The maximum absolute atomic E-state index is 12.8. The molecule has 2 aliphatic heterocycles. The molecule has 0 aliphatic carbocycles. The van der Waals surface area contributed by atoms with Crippen LogP contribution in [0.1, 0.15) is 30.8 Å². The Morgan fingerprint density at radius 1 is 1.41 bits per heavy atom. The van der Waals surface area contributed by atoms with Gasteiger partial charge in [-0.1, -0.05) is 0 Å². The topological polar surface area (TPSA) is 75.6 Å². The number of aromatic nitrogens is 4. The summed E-state index contributed by atoms with van der Waals surface area (Å²) in [5, 5.41) is 10.5. The Bertz CT molecular complexity index is 960. The Morgan fingerprint density at radius 3 is 3.05 bits per heavy atom. The molecule has 0 amide bonds. The molecule has 0 radical (unpaired) electrons. The van der Waals surface area contributed by atoms with Crippen molar-refractivity contribution in [3.63, 3.8) is 0 Å². The van der Waals surface area contributed by atoms with Crippen LogP contribution in [0.15, 0.2) is 17.1 Å². The summed E-state index contributed by atoms with van der Waals surface area (Å²) in [7, 11) is 0. The first-order valence-electron chi connectivity index (χ1n) is 7.54. The molecule has 1 atom stereocenters. The number of aromatic amines is 1. The third-order valence-electron chi connectivity index (χ3n) is 4.73. The van der Waals surface area contributed by atoms with Crippen molar-refractivity contribution >= 4 is 21.6 Å². The molecular weight excluding hydrogens is 298 g/mol. The van der Waals surface area contributed by atoms with E-state index in [1.54, 1.807) is 6.20 Å². The van der Waals surface area contributed by atoms with Gasteiger partial charge in [0.1, 0.15) is 4.70 Å². The summed E-state index contributed by atoms with van der Waals surface area (Å²) in [5.41, 5.74) is 2.67. The summed E-state index contributed by atoms with van der Waals surface area (Å²) in [6, 6.07) is 2.01. The van der Waals surface area contributed by atoms with Gasteiger partial charge in [0.15, 0.2) is 11.5 Å². The molecule has 7 heteroatoms. The minimum Gasteiger partial charge on any atom is -0.288 e. The van der Waals surface area contributed by atoms with Gasteiger partial charge in [-0.3, -0.25) is 19.8 Å². The van der Waals surface area contributed by atoms with E-state index >= 15 is 0 Å². The van der Waals surface area contributed by atoms with Crippen LogP contribution in [0.25, 0.3) is 20.7 Å². The molecule has 1 saturated heterocycles. The Labute approximate surface area is 130 Å². The predicted molar refractivity (Wildman–Crippen MR) is 85.1 cm³/mol. The average molecular weight is 313 g/mol. The van der Waals surface area contributed by atoms with E-state index in [2.05, 4.69) is 15.5 Å². The molecule has 1 unspecified atom stereocenters. The lowest BCUT2D eigenvalue weighted by Gasteiger charge is -2.21. The minimum atomic E-state index is -0.278. The molecule has 1 spiro atoms. The third kappa shape index (κ3) is 1.45. The molecule has 22 heavy (non-hydrogen) atoms. The first-order valence-corrected chi connectivity index (χ1v) is 8.35. The van der Waals surface area contributed by atoms with Crippen molar-refractivity contribution < 1.29 is 0 Å². The quantitative estimate of drug-likeness (QED) is 0.720. The first kappa shape index (κ1) is 12.5. The monoisotopic (exact) mass is 313 g/mol. The van der Waals surface area contributed by atoms with Gasteiger partial charge in [0, 0.05) is 16.1 Å². The second-order valence-corrected chi connectivity index (χ2v) is 7.11. The van der Waals surface area contributed by atoms with Gasteiger partial charge in [-0.2, -0.15) is 5.10 Å². The molecular formula is C15H15N5OS. The van der Waals surface area contributed by atoms with Crippen LogP contribution >= 0.6 is 11.3 Å². The second-order valence-electron chi connectivity index (χ2n) is 6.05. The van der Waals surface area contributed by atoms with Crippen molar-refractivity contribution in [2.45, 2.75) is 31.8 Å². The number of nitrogens with zero attached hydrogens (tertiary/aromatic N) is 3. The van der Waals surface area contributed by atoms with Crippen molar-refractivity contribution in [2.24, 2.45) is 0 Å². The van der Waals surface area contributed by atoms with Gasteiger partial charge in [0.25, 0.3) is 5.56 Å². The molecule has 2 aliphatic rings. The summed E-state index contributed by atoms with van der Waals surface area (Å²) in [4.78, 5) is 18.6. The minimum absolute atomic E-state index is 0.0896. The molecule has 112 valence electrons. The third-order valence-corrected chi connectivity index (χ3v) is 5.87. The Hall–Kier alpha value is -1.99. The average Bonchev–Trinajstić information content (AvgIpc) is 2.87.